The van der Waals surface area contributed by atoms with E-state index in [2.05, 4.69) is 4.98 Å². The highest BCUT2D eigenvalue weighted by Gasteiger charge is 2.42. The lowest BCUT2D eigenvalue weighted by Gasteiger charge is -2.27. The standard InChI is InChI=1S/C19H24N2O5/c1-21(2)11-9-15-14(6-5-10-20-15)19(24,18(22)23)13-7-8-16(25-3)17(12-13)26-4/h5-8,10,12,24H,9,11H2,1-4H3,(H,22,23). The molecular weight excluding hydrogens is 336 g/mol. The number of ether oxygens (including phenoxy) is 2. The van der Waals surface area contributed by atoms with E-state index in [4.69, 9.17) is 9.47 Å². The second-order valence-electron chi connectivity index (χ2n) is 6.14. The van der Waals surface area contributed by atoms with Gasteiger partial charge in [0.15, 0.2) is 11.5 Å². The molecule has 0 fully saturated rings. The van der Waals surface area contributed by atoms with Crippen molar-refractivity contribution in [1.29, 1.82) is 0 Å². The number of methoxy groups -OCH3 is 2. The zero-order chi connectivity index (χ0) is 19.3. The van der Waals surface area contributed by atoms with Crippen LogP contribution in [0.2, 0.25) is 0 Å². The number of rotatable bonds is 8. The summed E-state index contributed by atoms with van der Waals surface area (Å²) in [5, 5.41) is 21.1. The molecule has 2 rings (SSSR count). The number of carboxylic acids is 1. The second-order valence-corrected chi connectivity index (χ2v) is 6.14. The fourth-order valence-electron chi connectivity index (χ4n) is 2.75. The van der Waals surface area contributed by atoms with Gasteiger partial charge in [0.1, 0.15) is 0 Å². The van der Waals surface area contributed by atoms with Crippen LogP contribution in [0.15, 0.2) is 36.5 Å². The van der Waals surface area contributed by atoms with Crippen molar-refractivity contribution in [3.63, 3.8) is 0 Å². The molecule has 0 aliphatic carbocycles. The average molecular weight is 360 g/mol. The van der Waals surface area contributed by atoms with Crippen molar-refractivity contribution in [1.82, 2.24) is 9.88 Å². The average Bonchev–Trinajstić information content (AvgIpc) is 2.65. The molecule has 0 bridgehead atoms. The molecule has 1 unspecified atom stereocenters. The molecule has 1 aromatic carbocycles. The lowest BCUT2D eigenvalue weighted by molar-refractivity contribution is -0.155. The zero-order valence-electron chi connectivity index (χ0n) is 15.4. The summed E-state index contributed by atoms with van der Waals surface area (Å²) in [5.41, 5.74) is -1.32. The highest BCUT2D eigenvalue weighted by Crippen LogP contribution is 2.37. The number of likely N-dealkylation sites (N-methyl/N-ethyl adjacent to an activating group) is 1. The molecule has 7 heteroatoms. The van der Waals surface area contributed by atoms with Crippen LogP contribution in [-0.2, 0) is 16.8 Å². The summed E-state index contributed by atoms with van der Waals surface area (Å²) in [6.07, 6.45) is 2.09. The number of hydrogen-bond donors (Lipinski definition) is 2. The predicted octanol–water partition coefficient (Wildman–Crippen LogP) is 1.52. The number of hydrogen-bond acceptors (Lipinski definition) is 6. The molecular formula is C19H24N2O5. The molecule has 7 nitrogen and oxygen atoms in total. The van der Waals surface area contributed by atoms with Crippen LogP contribution in [0.25, 0.3) is 0 Å². The third-order valence-corrected chi connectivity index (χ3v) is 4.19. The lowest BCUT2D eigenvalue weighted by atomic mass is 9.84. The van der Waals surface area contributed by atoms with Crippen molar-refractivity contribution >= 4 is 5.97 Å². The van der Waals surface area contributed by atoms with E-state index in [0.717, 1.165) is 0 Å². The summed E-state index contributed by atoms with van der Waals surface area (Å²) in [4.78, 5) is 18.4. The Labute approximate surface area is 152 Å². The molecule has 0 aliphatic rings. The summed E-state index contributed by atoms with van der Waals surface area (Å²) in [6.45, 7) is 0.672. The Morgan fingerprint density at radius 1 is 1.19 bits per heavy atom. The highest BCUT2D eigenvalue weighted by molar-refractivity contribution is 5.84. The van der Waals surface area contributed by atoms with Crippen LogP contribution in [0.4, 0.5) is 0 Å². The number of pyridine rings is 1. The molecule has 0 saturated heterocycles. The Balaban J connectivity index is 2.60. The van der Waals surface area contributed by atoms with Crippen molar-refractivity contribution in [3.05, 3.63) is 53.3 Å². The Bertz CT molecular complexity index is 778. The largest absolute Gasteiger partial charge is 0.493 e. The van der Waals surface area contributed by atoms with E-state index >= 15 is 0 Å². The molecule has 2 N–H and O–H groups in total. The van der Waals surface area contributed by atoms with Crippen molar-refractivity contribution in [2.45, 2.75) is 12.0 Å². The van der Waals surface area contributed by atoms with Crippen LogP contribution in [0.1, 0.15) is 16.8 Å². The van der Waals surface area contributed by atoms with E-state index in [1.54, 1.807) is 24.4 Å². The summed E-state index contributed by atoms with van der Waals surface area (Å²) < 4.78 is 10.4. The Kier molecular flexibility index (Phi) is 6.18. The third-order valence-electron chi connectivity index (χ3n) is 4.19. The van der Waals surface area contributed by atoms with E-state index in [1.807, 2.05) is 19.0 Å². The van der Waals surface area contributed by atoms with E-state index in [-0.39, 0.29) is 11.1 Å². The minimum atomic E-state index is -2.25. The second kappa shape index (κ2) is 8.16. The number of aliphatic hydroxyl groups is 1. The number of benzene rings is 1. The van der Waals surface area contributed by atoms with Crippen molar-refractivity contribution in [2.24, 2.45) is 0 Å². The maximum Gasteiger partial charge on any atom is 0.345 e. The van der Waals surface area contributed by atoms with E-state index < -0.39 is 11.6 Å². The van der Waals surface area contributed by atoms with Gasteiger partial charge in [-0.25, -0.2) is 4.79 Å². The molecule has 2 aromatic rings. The van der Waals surface area contributed by atoms with Gasteiger partial charge in [-0.3, -0.25) is 4.98 Å². The lowest BCUT2D eigenvalue weighted by Crippen LogP contribution is -2.38. The molecule has 140 valence electrons. The maximum absolute atomic E-state index is 12.1. The topological polar surface area (TPSA) is 92.1 Å². The molecule has 0 amide bonds. The molecule has 0 saturated carbocycles. The van der Waals surface area contributed by atoms with Crippen LogP contribution in [0, 0.1) is 0 Å². The highest BCUT2D eigenvalue weighted by atomic mass is 16.5. The van der Waals surface area contributed by atoms with Crippen LogP contribution >= 0.6 is 0 Å². The first-order valence-corrected chi connectivity index (χ1v) is 8.12. The van der Waals surface area contributed by atoms with Gasteiger partial charge in [0.25, 0.3) is 0 Å². The van der Waals surface area contributed by atoms with Crippen LogP contribution in [-0.4, -0.2) is 60.9 Å². The summed E-state index contributed by atoms with van der Waals surface area (Å²) >= 11 is 0. The van der Waals surface area contributed by atoms with Gasteiger partial charge < -0.3 is 24.6 Å². The van der Waals surface area contributed by atoms with Crippen molar-refractivity contribution < 1.29 is 24.5 Å². The van der Waals surface area contributed by atoms with Crippen LogP contribution in [0.5, 0.6) is 11.5 Å². The first kappa shape index (κ1) is 19.7. The quantitative estimate of drug-likeness (QED) is 0.737. The minimum Gasteiger partial charge on any atom is -0.493 e. The minimum absolute atomic E-state index is 0.168. The van der Waals surface area contributed by atoms with Crippen molar-refractivity contribution in [3.8, 4) is 11.5 Å². The molecule has 0 aliphatic heterocycles. The van der Waals surface area contributed by atoms with E-state index in [0.29, 0.717) is 30.2 Å². The molecule has 1 heterocycles. The van der Waals surface area contributed by atoms with Gasteiger partial charge in [-0.1, -0.05) is 12.1 Å². The Morgan fingerprint density at radius 2 is 1.88 bits per heavy atom. The third kappa shape index (κ3) is 3.79. The smallest absolute Gasteiger partial charge is 0.345 e. The molecule has 1 aromatic heterocycles. The fraction of sp³-hybridized carbons (Fsp3) is 0.368. The van der Waals surface area contributed by atoms with Gasteiger partial charge in [-0.15, -0.1) is 0 Å². The fourth-order valence-corrected chi connectivity index (χ4v) is 2.75. The SMILES string of the molecule is COc1ccc(C(O)(C(=O)O)c2cccnc2CCN(C)C)cc1OC. The monoisotopic (exact) mass is 360 g/mol. The van der Waals surface area contributed by atoms with Crippen molar-refractivity contribution in [2.75, 3.05) is 34.9 Å². The maximum atomic E-state index is 12.1. The number of carbonyl (C=O) groups is 1. The normalized spacial score (nSPS) is 13.3. The summed E-state index contributed by atoms with van der Waals surface area (Å²) in [6, 6.07) is 7.75. The van der Waals surface area contributed by atoms with Gasteiger partial charge in [0.05, 0.1) is 14.2 Å². The predicted molar refractivity (Wildman–Crippen MR) is 96.7 cm³/mol. The molecule has 1 atom stereocenters. The van der Waals surface area contributed by atoms with Crippen LogP contribution < -0.4 is 9.47 Å². The van der Waals surface area contributed by atoms with E-state index in [1.165, 1.54) is 26.4 Å². The van der Waals surface area contributed by atoms with Gasteiger partial charge in [-0.05, 0) is 32.3 Å². The van der Waals surface area contributed by atoms with Gasteiger partial charge >= 0.3 is 5.97 Å². The van der Waals surface area contributed by atoms with Gasteiger partial charge in [0.2, 0.25) is 5.60 Å². The van der Waals surface area contributed by atoms with Gasteiger partial charge in [0, 0.05) is 36.0 Å². The van der Waals surface area contributed by atoms with Crippen LogP contribution in [0.3, 0.4) is 0 Å². The summed E-state index contributed by atoms with van der Waals surface area (Å²) in [5.74, 6) is -0.602. The molecule has 0 spiro atoms. The zero-order valence-corrected chi connectivity index (χ0v) is 15.4. The number of aliphatic carboxylic acids is 1. The molecule has 26 heavy (non-hydrogen) atoms. The van der Waals surface area contributed by atoms with Gasteiger partial charge in [-0.2, -0.15) is 0 Å². The Morgan fingerprint density at radius 3 is 2.46 bits per heavy atom. The number of carboxylic acid groups (broad SMARTS) is 1. The number of aromatic nitrogens is 1. The van der Waals surface area contributed by atoms with E-state index in [9.17, 15) is 15.0 Å². The first-order valence-electron chi connectivity index (χ1n) is 8.12. The number of nitrogens with zero attached hydrogens (tertiary/aromatic N) is 2. The Hall–Kier alpha value is -2.64. The summed E-state index contributed by atoms with van der Waals surface area (Å²) in [7, 11) is 6.77. The first-order chi connectivity index (χ1) is 12.3. The molecule has 0 radical (unpaired) electrons.